The zero-order chi connectivity index (χ0) is 13.8. The van der Waals surface area contributed by atoms with Crippen LogP contribution >= 0.6 is 0 Å². The van der Waals surface area contributed by atoms with Crippen LogP contribution in [0.1, 0.15) is 5.56 Å². The Morgan fingerprint density at radius 3 is 2.42 bits per heavy atom. The third-order valence-corrected chi connectivity index (χ3v) is 2.58. The van der Waals surface area contributed by atoms with Gasteiger partial charge in [0, 0.05) is 11.6 Å². The number of nitrogens with two attached hydrogens (primary N) is 1. The molecule has 0 bridgehead atoms. The number of rotatable bonds is 4. The smallest absolute Gasteiger partial charge is 0.168 e. The van der Waals surface area contributed by atoms with Crippen LogP contribution in [0.3, 0.4) is 0 Å². The van der Waals surface area contributed by atoms with Crippen molar-refractivity contribution in [3.63, 3.8) is 0 Å². The molecule has 2 nitrogen and oxygen atoms in total. The number of benzene rings is 2. The van der Waals surface area contributed by atoms with Crippen LogP contribution < -0.4 is 10.5 Å². The van der Waals surface area contributed by atoms with Crippen molar-refractivity contribution in [2.45, 2.75) is 6.42 Å². The topological polar surface area (TPSA) is 35.2 Å². The van der Waals surface area contributed by atoms with Crippen molar-refractivity contribution in [1.29, 1.82) is 0 Å². The highest BCUT2D eigenvalue weighted by Gasteiger charge is 2.12. The lowest BCUT2D eigenvalue weighted by Gasteiger charge is -2.12. The minimum absolute atomic E-state index is 0.162. The van der Waals surface area contributed by atoms with Crippen molar-refractivity contribution in [2.24, 2.45) is 5.73 Å². The van der Waals surface area contributed by atoms with Crippen LogP contribution in [0.25, 0.3) is 0 Å². The van der Waals surface area contributed by atoms with E-state index in [1.54, 1.807) is 0 Å². The Balaban J connectivity index is 2.35. The molecule has 0 saturated carbocycles. The molecule has 0 aliphatic rings. The molecule has 0 aliphatic carbocycles. The van der Waals surface area contributed by atoms with E-state index in [9.17, 15) is 13.2 Å². The van der Waals surface area contributed by atoms with Crippen LogP contribution in [0.4, 0.5) is 13.2 Å². The molecule has 19 heavy (non-hydrogen) atoms. The Kier molecular flexibility index (Phi) is 4.06. The van der Waals surface area contributed by atoms with E-state index in [-0.39, 0.29) is 30.0 Å². The van der Waals surface area contributed by atoms with Gasteiger partial charge in [-0.3, -0.25) is 0 Å². The molecule has 2 aromatic carbocycles. The van der Waals surface area contributed by atoms with Gasteiger partial charge in [-0.15, -0.1) is 0 Å². The maximum absolute atomic E-state index is 13.6. The summed E-state index contributed by atoms with van der Waals surface area (Å²) in [6.45, 7) is 0.239. The van der Waals surface area contributed by atoms with Crippen molar-refractivity contribution < 1.29 is 17.9 Å². The summed E-state index contributed by atoms with van der Waals surface area (Å²) in [6, 6.07) is 7.17. The van der Waals surface area contributed by atoms with E-state index >= 15 is 0 Å². The van der Waals surface area contributed by atoms with E-state index in [0.717, 1.165) is 12.1 Å². The molecule has 2 rings (SSSR count). The van der Waals surface area contributed by atoms with E-state index in [0.29, 0.717) is 6.07 Å². The molecule has 0 fully saturated rings. The van der Waals surface area contributed by atoms with Gasteiger partial charge in [0.1, 0.15) is 17.4 Å². The van der Waals surface area contributed by atoms with Gasteiger partial charge in [-0.05, 0) is 37.2 Å². The SMILES string of the molecule is NCCc1c(F)cccc1Oc1ccc(F)cc1F. The van der Waals surface area contributed by atoms with Gasteiger partial charge < -0.3 is 10.5 Å². The third kappa shape index (κ3) is 3.06. The van der Waals surface area contributed by atoms with E-state index in [1.165, 1.54) is 18.2 Å². The first-order valence-electron chi connectivity index (χ1n) is 5.72. The summed E-state index contributed by atoms with van der Waals surface area (Å²) in [7, 11) is 0. The summed E-state index contributed by atoms with van der Waals surface area (Å²) in [5.41, 5.74) is 5.67. The summed E-state index contributed by atoms with van der Waals surface area (Å²) in [5, 5.41) is 0. The number of hydrogen-bond acceptors (Lipinski definition) is 2. The van der Waals surface area contributed by atoms with Gasteiger partial charge in [-0.25, -0.2) is 13.2 Å². The van der Waals surface area contributed by atoms with Crippen molar-refractivity contribution in [3.8, 4) is 11.5 Å². The summed E-state index contributed by atoms with van der Waals surface area (Å²) in [4.78, 5) is 0. The Hall–Kier alpha value is -2.01. The minimum Gasteiger partial charge on any atom is -0.454 e. The van der Waals surface area contributed by atoms with Crippen LogP contribution in [0, 0.1) is 17.5 Å². The van der Waals surface area contributed by atoms with Crippen molar-refractivity contribution in [1.82, 2.24) is 0 Å². The molecule has 2 aromatic rings. The first-order valence-corrected chi connectivity index (χ1v) is 5.72. The largest absolute Gasteiger partial charge is 0.454 e. The van der Waals surface area contributed by atoms with Gasteiger partial charge >= 0.3 is 0 Å². The van der Waals surface area contributed by atoms with Crippen LogP contribution in [-0.2, 0) is 6.42 Å². The summed E-state index contributed by atoms with van der Waals surface area (Å²) >= 11 is 0. The zero-order valence-corrected chi connectivity index (χ0v) is 10.00. The lowest BCUT2D eigenvalue weighted by atomic mass is 10.1. The monoisotopic (exact) mass is 267 g/mol. The molecular weight excluding hydrogens is 255 g/mol. The van der Waals surface area contributed by atoms with Crippen molar-refractivity contribution in [2.75, 3.05) is 6.54 Å². The highest BCUT2D eigenvalue weighted by Crippen LogP contribution is 2.29. The highest BCUT2D eigenvalue weighted by atomic mass is 19.1. The Morgan fingerprint density at radius 1 is 0.947 bits per heavy atom. The van der Waals surface area contributed by atoms with Gasteiger partial charge in [0.05, 0.1) is 0 Å². The lowest BCUT2D eigenvalue weighted by Crippen LogP contribution is -2.06. The standard InChI is InChI=1S/C14H12F3NO/c15-9-4-5-14(12(17)8-9)19-13-3-1-2-11(16)10(13)6-7-18/h1-5,8H,6-7,18H2. The molecule has 0 aromatic heterocycles. The molecule has 100 valence electrons. The molecule has 2 N–H and O–H groups in total. The fraction of sp³-hybridized carbons (Fsp3) is 0.143. The number of hydrogen-bond donors (Lipinski definition) is 1. The molecular formula is C14H12F3NO. The predicted molar refractivity (Wildman–Crippen MR) is 65.6 cm³/mol. The molecule has 0 heterocycles. The normalized spacial score (nSPS) is 10.5. The maximum atomic E-state index is 13.6. The number of ether oxygens (including phenoxy) is 1. The van der Waals surface area contributed by atoms with Crippen LogP contribution in [0.15, 0.2) is 36.4 Å². The average Bonchev–Trinajstić information content (AvgIpc) is 2.37. The molecule has 0 aliphatic heterocycles. The molecule has 0 spiro atoms. The van der Waals surface area contributed by atoms with Crippen LogP contribution in [-0.4, -0.2) is 6.54 Å². The molecule has 0 atom stereocenters. The maximum Gasteiger partial charge on any atom is 0.168 e. The summed E-state index contributed by atoms with van der Waals surface area (Å²) in [5.74, 6) is -2.00. The van der Waals surface area contributed by atoms with Gasteiger partial charge in [-0.2, -0.15) is 0 Å². The average molecular weight is 267 g/mol. The van der Waals surface area contributed by atoms with Crippen molar-refractivity contribution in [3.05, 3.63) is 59.4 Å². The Morgan fingerprint density at radius 2 is 1.74 bits per heavy atom. The quantitative estimate of drug-likeness (QED) is 0.921. The first kappa shape index (κ1) is 13.4. The second-order valence-electron chi connectivity index (χ2n) is 3.93. The van der Waals surface area contributed by atoms with Gasteiger partial charge in [0.25, 0.3) is 0 Å². The molecule has 0 radical (unpaired) electrons. The third-order valence-electron chi connectivity index (χ3n) is 2.58. The summed E-state index contributed by atoms with van der Waals surface area (Å²) < 4.78 is 45.2. The van der Waals surface area contributed by atoms with E-state index in [1.807, 2.05) is 0 Å². The predicted octanol–water partition coefficient (Wildman–Crippen LogP) is 3.40. The van der Waals surface area contributed by atoms with Gasteiger partial charge in [0.2, 0.25) is 0 Å². The first-order chi connectivity index (χ1) is 9.11. The fourth-order valence-electron chi connectivity index (χ4n) is 1.70. The lowest BCUT2D eigenvalue weighted by molar-refractivity contribution is 0.428. The molecule has 0 unspecified atom stereocenters. The fourth-order valence-corrected chi connectivity index (χ4v) is 1.70. The Labute approximate surface area is 108 Å². The molecule has 0 saturated heterocycles. The second-order valence-corrected chi connectivity index (χ2v) is 3.93. The highest BCUT2D eigenvalue weighted by molar-refractivity contribution is 5.39. The van der Waals surface area contributed by atoms with Crippen molar-refractivity contribution >= 4 is 0 Å². The molecule has 5 heteroatoms. The zero-order valence-electron chi connectivity index (χ0n) is 10.00. The minimum atomic E-state index is -0.844. The van der Waals surface area contributed by atoms with Crippen LogP contribution in [0.5, 0.6) is 11.5 Å². The van der Waals surface area contributed by atoms with Crippen LogP contribution in [0.2, 0.25) is 0 Å². The molecule has 0 amide bonds. The summed E-state index contributed by atoms with van der Waals surface area (Å²) in [6.07, 6.45) is 0.269. The number of halogens is 3. The van der Waals surface area contributed by atoms with E-state index in [4.69, 9.17) is 10.5 Å². The Bertz CT molecular complexity index is 587. The second kappa shape index (κ2) is 5.75. The van der Waals surface area contributed by atoms with Gasteiger partial charge in [0.15, 0.2) is 11.6 Å². The van der Waals surface area contributed by atoms with E-state index < -0.39 is 17.5 Å². The van der Waals surface area contributed by atoms with Gasteiger partial charge in [-0.1, -0.05) is 6.07 Å². The van der Waals surface area contributed by atoms with E-state index in [2.05, 4.69) is 0 Å².